The molecule has 0 aliphatic heterocycles. The zero-order valence-corrected chi connectivity index (χ0v) is 9.27. The van der Waals surface area contributed by atoms with Gasteiger partial charge in [-0.05, 0) is 37.8 Å². The van der Waals surface area contributed by atoms with E-state index in [2.05, 4.69) is 10.8 Å². The van der Waals surface area contributed by atoms with Crippen LogP contribution >= 0.6 is 0 Å². The number of nitrogens with one attached hydrogen (secondary N) is 2. The summed E-state index contributed by atoms with van der Waals surface area (Å²) in [5, 5.41) is 2.84. The van der Waals surface area contributed by atoms with Gasteiger partial charge in [-0.2, -0.15) is 5.48 Å². The van der Waals surface area contributed by atoms with E-state index >= 15 is 0 Å². The average Bonchev–Trinajstić information content (AvgIpc) is 3.11. The summed E-state index contributed by atoms with van der Waals surface area (Å²) in [5.41, 5.74) is 2.36. The first-order valence-corrected chi connectivity index (χ1v) is 5.54. The maximum absolute atomic E-state index is 11.4. The van der Waals surface area contributed by atoms with Gasteiger partial charge in [0.05, 0.1) is 0 Å². The molecule has 1 aromatic rings. The van der Waals surface area contributed by atoms with E-state index in [1.165, 1.54) is 12.8 Å². The second-order valence-electron chi connectivity index (χ2n) is 4.12. The molecule has 86 valence electrons. The molecular weight excluding hydrogens is 204 g/mol. The minimum Gasteiger partial charge on any atom is -0.378 e. The van der Waals surface area contributed by atoms with Gasteiger partial charge in [-0.25, -0.2) is 4.79 Å². The molecule has 16 heavy (non-hydrogen) atoms. The van der Waals surface area contributed by atoms with Gasteiger partial charge < -0.3 is 10.2 Å². The highest BCUT2D eigenvalue weighted by Crippen LogP contribution is 2.32. The predicted octanol–water partition coefficient (Wildman–Crippen LogP) is 2.08. The molecule has 0 radical (unpaired) electrons. The summed E-state index contributed by atoms with van der Waals surface area (Å²) in [6.07, 6.45) is 2.42. The van der Waals surface area contributed by atoms with Crippen LogP contribution in [0, 0.1) is 5.92 Å². The van der Waals surface area contributed by atoms with Crippen LogP contribution in [-0.4, -0.2) is 12.1 Å². The van der Waals surface area contributed by atoms with Gasteiger partial charge in [-0.15, -0.1) is 0 Å². The van der Waals surface area contributed by atoms with Gasteiger partial charge in [-0.3, -0.25) is 0 Å². The normalized spacial score (nSPS) is 16.3. The lowest BCUT2D eigenvalue weighted by Gasteiger charge is -2.13. The number of para-hydroxylation sites is 1. The molecule has 1 unspecified atom stereocenters. The number of hydrogen-bond acceptors (Lipinski definition) is 2. The van der Waals surface area contributed by atoms with Crippen LogP contribution in [0.3, 0.4) is 0 Å². The van der Waals surface area contributed by atoms with Crippen LogP contribution in [0.1, 0.15) is 19.8 Å². The van der Waals surface area contributed by atoms with Crippen LogP contribution in [0.5, 0.6) is 5.75 Å². The van der Waals surface area contributed by atoms with Crippen LogP contribution in [0.2, 0.25) is 0 Å². The number of hydroxylamine groups is 1. The molecule has 4 nitrogen and oxygen atoms in total. The first-order chi connectivity index (χ1) is 7.75. The maximum atomic E-state index is 11.4. The molecule has 0 saturated heterocycles. The van der Waals surface area contributed by atoms with Crippen LogP contribution in [-0.2, 0) is 0 Å². The minimum atomic E-state index is -0.289. The molecule has 2 amide bonds. The Morgan fingerprint density at radius 3 is 2.69 bits per heavy atom. The molecule has 1 saturated carbocycles. The minimum absolute atomic E-state index is 0.222. The number of benzene rings is 1. The average molecular weight is 220 g/mol. The summed E-state index contributed by atoms with van der Waals surface area (Å²) in [5.74, 6) is 1.26. The molecule has 0 heterocycles. The van der Waals surface area contributed by atoms with E-state index in [1.807, 2.05) is 25.1 Å². The van der Waals surface area contributed by atoms with E-state index in [0.29, 0.717) is 11.7 Å². The third-order valence-corrected chi connectivity index (χ3v) is 2.69. The molecule has 1 aliphatic rings. The lowest BCUT2D eigenvalue weighted by atomic mass is 10.2. The lowest BCUT2D eigenvalue weighted by molar-refractivity contribution is 0.174. The topological polar surface area (TPSA) is 50.4 Å². The van der Waals surface area contributed by atoms with Crippen molar-refractivity contribution in [2.24, 2.45) is 5.92 Å². The molecule has 2 rings (SSSR count). The van der Waals surface area contributed by atoms with Gasteiger partial charge in [0.25, 0.3) is 0 Å². The summed E-state index contributed by atoms with van der Waals surface area (Å²) < 4.78 is 0. The molecule has 2 N–H and O–H groups in total. The number of hydrogen-bond donors (Lipinski definition) is 2. The number of carbonyl (C=O) groups is 1. The summed E-state index contributed by atoms with van der Waals surface area (Å²) in [4.78, 5) is 16.5. The van der Waals surface area contributed by atoms with E-state index < -0.39 is 0 Å². The van der Waals surface area contributed by atoms with Crippen molar-refractivity contribution in [2.75, 3.05) is 0 Å². The largest absolute Gasteiger partial charge is 0.378 e. The van der Waals surface area contributed by atoms with Crippen molar-refractivity contribution >= 4 is 6.03 Å². The number of rotatable bonds is 4. The van der Waals surface area contributed by atoms with Crippen molar-refractivity contribution in [3.8, 4) is 5.75 Å². The van der Waals surface area contributed by atoms with Crippen molar-refractivity contribution in [3.63, 3.8) is 0 Å². The second kappa shape index (κ2) is 4.88. The maximum Gasteiger partial charge on any atom is 0.348 e. The lowest BCUT2D eigenvalue weighted by Crippen LogP contribution is -2.43. The third-order valence-electron chi connectivity index (χ3n) is 2.69. The summed E-state index contributed by atoms with van der Waals surface area (Å²) >= 11 is 0. The van der Waals surface area contributed by atoms with E-state index in [0.717, 1.165) is 0 Å². The molecule has 0 aromatic heterocycles. The Morgan fingerprint density at radius 1 is 1.38 bits per heavy atom. The fraction of sp³-hybridized carbons (Fsp3) is 0.417. The predicted molar refractivity (Wildman–Crippen MR) is 60.9 cm³/mol. The molecule has 0 bridgehead atoms. The fourth-order valence-electron chi connectivity index (χ4n) is 1.54. The van der Waals surface area contributed by atoms with Crippen molar-refractivity contribution < 1.29 is 9.63 Å². The molecule has 1 aliphatic carbocycles. The number of urea groups is 1. The van der Waals surface area contributed by atoms with Crippen LogP contribution < -0.4 is 15.6 Å². The number of carbonyl (C=O) groups excluding carboxylic acids is 1. The fourth-order valence-corrected chi connectivity index (χ4v) is 1.54. The Hall–Kier alpha value is -1.71. The second-order valence-corrected chi connectivity index (χ2v) is 4.12. The van der Waals surface area contributed by atoms with Gasteiger partial charge in [0, 0.05) is 6.04 Å². The summed E-state index contributed by atoms with van der Waals surface area (Å²) in [6, 6.07) is 9.09. The van der Waals surface area contributed by atoms with Gasteiger partial charge in [0.2, 0.25) is 0 Å². The zero-order valence-electron chi connectivity index (χ0n) is 9.27. The van der Waals surface area contributed by atoms with E-state index in [9.17, 15) is 4.79 Å². The monoisotopic (exact) mass is 220 g/mol. The van der Waals surface area contributed by atoms with Crippen LogP contribution in [0.25, 0.3) is 0 Å². The Kier molecular flexibility index (Phi) is 3.29. The molecule has 0 spiro atoms. The first-order valence-electron chi connectivity index (χ1n) is 5.54. The van der Waals surface area contributed by atoms with E-state index in [1.54, 1.807) is 12.1 Å². The van der Waals surface area contributed by atoms with Crippen molar-refractivity contribution in [3.05, 3.63) is 30.3 Å². The van der Waals surface area contributed by atoms with Crippen molar-refractivity contribution in [1.29, 1.82) is 0 Å². The SMILES string of the molecule is CC(NC(=O)NOc1ccccc1)C1CC1. The summed E-state index contributed by atoms with van der Waals surface area (Å²) in [6.45, 7) is 2.01. The third kappa shape index (κ3) is 3.15. The van der Waals surface area contributed by atoms with E-state index in [-0.39, 0.29) is 12.1 Å². The molecular formula is C12H16N2O2. The highest BCUT2D eigenvalue weighted by molar-refractivity contribution is 5.73. The first kappa shape index (κ1) is 10.8. The van der Waals surface area contributed by atoms with Crippen molar-refractivity contribution in [2.45, 2.75) is 25.8 Å². The molecule has 4 heteroatoms. The molecule has 1 atom stereocenters. The standard InChI is InChI=1S/C12H16N2O2/c1-9(10-7-8-10)13-12(15)14-16-11-5-3-2-4-6-11/h2-6,9-10H,7-8H2,1H3,(H2,13,14,15). The number of amides is 2. The van der Waals surface area contributed by atoms with Gasteiger partial charge >= 0.3 is 6.03 Å². The smallest absolute Gasteiger partial charge is 0.348 e. The van der Waals surface area contributed by atoms with Crippen LogP contribution in [0.4, 0.5) is 4.79 Å². The van der Waals surface area contributed by atoms with Gasteiger partial charge in [-0.1, -0.05) is 18.2 Å². The summed E-state index contributed by atoms with van der Waals surface area (Å²) in [7, 11) is 0. The zero-order chi connectivity index (χ0) is 11.4. The Morgan fingerprint density at radius 2 is 2.06 bits per heavy atom. The Labute approximate surface area is 94.9 Å². The van der Waals surface area contributed by atoms with Crippen molar-refractivity contribution in [1.82, 2.24) is 10.8 Å². The molecule has 1 aromatic carbocycles. The quantitative estimate of drug-likeness (QED) is 0.763. The molecule has 1 fully saturated rings. The van der Waals surface area contributed by atoms with Gasteiger partial charge in [0.1, 0.15) is 0 Å². The Bertz CT molecular complexity index is 349. The highest BCUT2D eigenvalue weighted by atomic mass is 16.7. The van der Waals surface area contributed by atoms with Gasteiger partial charge in [0.15, 0.2) is 5.75 Å². The van der Waals surface area contributed by atoms with E-state index in [4.69, 9.17) is 4.84 Å². The Balaban J connectivity index is 1.71. The highest BCUT2D eigenvalue weighted by Gasteiger charge is 2.28. The van der Waals surface area contributed by atoms with Crippen LogP contribution in [0.15, 0.2) is 30.3 Å².